The van der Waals surface area contributed by atoms with E-state index in [0.717, 1.165) is 9.65 Å². The maximum atomic E-state index is 13.3. The van der Waals surface area contributed by atoms with Crippen LogP contribution in [0.15, 0.2) is 71.6 Å². The number of aromatic nitrogens is 2. The highest BCUT2D eigenvalue weighted by Crippen LogP contribution is 2.31. The second-order valence-corrected chi connectivity index (χ2v) is 8.95. The molecule has 0 radical (unpaired) electrons. The molecule has 0 saturated carbocycles. The van der Waals surface area contributed by atoms with Crippen LogP contribution in [0.3, 0.4) is 0 Å². The van der Waals surface area contributed by atoms with E-state index in [4.69, 9.17) is 19.5 Å². The molecule has 168 valence electrons. The van der Waals surface area contributed by atoms with Crippen molar-refractivity contribution < 1.29 is 22.6 Å². The van der Waals surface area contributed by atoms with E-state index in [9.17, 15) is 8.42 Å². The number of aryl methyl sites for hydroxylation is 1. The lowest BCUT2D eigenvalue weighted by Crippen LogP contribution is -2.15. The van der Waals surface area contributed by atoms with Gasteiger partial charge in [0.25, 0.3) is 10.0 Å². The largest absolute Gasteiger partial charge is 0.497 e. The summed E-state index contributed by atoms with van der Waals surface area (Å²) in [7, 11) is -2.41. The summed E-state index contributed by atoms with van der Waals surface area (Å²) in [5.41, 5.74) is 1.87. The number of methoxy groups -OCH3 is 1. The van der Waals surface area contributed by atoms with Crippen molar-refractivity contribution in [3.05, 3.63) is 77.9 Å². The number of nitriles is 1. The van der Waals surface area contributed by atoms with Crippen molar-refractivity contribution in [2.24, 2.45) is 0 Å². The van der Waals surface area contributed by atoms with Crippen LogP contribution in [-0.2, 0) is 10.0 Å². The van der Waals surface area contributed by atoms with Crippen molar-refractivity contribution in [2.75, 3.05) is 20.3 Å². The van der Waals surface area contributed by atoms with Gasteiger partial charge in [-0.2, -0.15) is 13.7 Å². The van der Waals surface area contributed by atoms with Crippen LogP contribution in [0.1, 0.15) is 11.1 Å². The average Bonchev–Trinajstić information content (AvgIpc) is 3.21. The second kappa shape index (κ2) is 9.22. The van der Waals surface area contributed by atoms with Crippen LogP contribution in [0.2, 0.25) is 0 Å². The first-order chi connectivity index (χ1) is 15.9. The van der Waals surface area contributed by atoms with Gasteiger partial charge in [-0.15, -0.1) is 9.19 Å². The third-order valence-corrected chi connectivity index (χ3v) is 6.54. The quantitative estimate of drug-likeness (QED) is 0.365. The highest BCUT2D eigenvalue weighted by atomic mass is 32.2. The van der Waals surface area contributed by atoms with E-state index in [1.54, 1.807) is 66.7 Å². The summed E-state index contributed by atoms with van der Waals surface area (Å²) in [5.74, 6) is 1.30. The summed E-state index contributed by atoms with van der Waals surface area (Å²) in [4.78, 5) is 0.129. The minimum Gasteiger partial charge on any atom is -0.497 e. The van der Waals surface area contributed by atoms with E-state index < -0.39 is 10.0 Å². The van der Waals surface area contributed by atoms with Gasteiger partial charge in [-0.3, -0.25) is 0 Å². The zero-order valence-corrected chi connectivity index (χ0v) is 18.9. The molecule has 0 amide bonds. The molecule has 9 heteroatoms. The fraction of sp³-hybridized carbons (Fsp3) is 0.167. The van der Waals surface area contributed by atoms with Crippen molar-refractivity contribution in [1.82, 2.24) is 9.19 Å². The van der Waals surface area contributed by atoms with Crippen molar-refractivity contribution >= 4 is 20.9 Å². The molecule has 0 bridgehead atoms. The Balaban J connectivity index is 1.59. The number of ether oxygens (including phenoxy) is 3. The standard InChI is InChI=1S/C24H21N3O5S/c1-17-3-10-21(11-4-17)33(28,29)27-23-12-9-20(30-2)15-22(23)24(26-27)32-14-13-31-19-7-5-18(16-25)6-8-19/h3-12,15H,13-14H2,1-2H3. The SMILES string of the molecule is COc1ccc2c(c1)c(OCCOc1ccc(C#N)cc1)nn2S(=O)(=O)c1ccc(C)cc1. The van der Waals surface area contributed by atoms with E-state index >= 15 is 0 Å². The zero-order chi connectivity index (χ0) is 23.4. The molecule has 1 heterocycles. The molecule has 3 aromatic carbocycles. The van der Waals surface area contributed by atoms with Crippen LogP contribution in [0, 0.1) is 18.3 Å². The first kappa shape index (κ1) is 22.2. The van der Waals surface area contributed by atoms with Gasteiger partial charge in [0.05, 0.1) is 34.5 Å². The predicted octanol–water partition coefficient (Wildman–Crippen LogP) is 3.92. The first-order valence-electron chi connectivity index (χ1n) is 10.1. The summed E-state index contributed by atoms with van der Waals surface area (Å²) < 4.78 is 44.2. The molecule has 0 unspecified atom stereocenters. The molecular formula is C24H21N3O5S. The topological polar surface area (TPSA) is 103 Å². The summed E-state index contributed by atoms with van der Waals surface area (Å²) in [5, 5.41) is 13.6. The van der Waals surface area contributed by atoms with Gasteiger partial charge in [0.1, 0.15) is 24.7 Å². The average molecular weight is 464 g/mol. The minimum atomic E-state index is -3.93. The maximum Gasteiger partial charge on any atom is 0.283 e. The van der Waals surface area contributed by atoms with Gasteiger partial charge in [0.15, 0.2) is 0 Å². The molecule has 0 fully saturated rings. The molecule has 0 N–H and O–H groups in total. The van der Waals surface area contributed by atoms with E-state index in [2.05, 4.69) is 5.10 Å². The second-order valence-electron chi connectivity index (χ2n) is 7.18. The normalized spacial score (nSPS) is 11.2. The molecule has 0 aliphatic rings. The molecule has 0 saturated heterocycles. The highest BCUT2D eigenvalue weighted by molar-refractivity contribution is 7.90. The molecule has 0 atom stereocenters. The van der Waals surface area contributed by atoms with E-state index in [1.807, 2.05) is 13.0 Å². The number of fused-ring (bicyclic) bond motifs is 1. The Kier molecular flexibility index (Phi) is 6.20. The third-order valence-electron chi connectivity index (χ3n) is 4.94. The van der Waals surface area contributed by atoms with Gasteiger partial charge in [0, 0.05) is 0 Å². The Morgan fingerprint density at radius 1 is 0.939 bits per heavy atom. The minimum absolute atomic E-state index is 0.129. The lowest BCUT2D eigenvalue weighted by Gasteiger charge is -2.07. The van der Waals surface area contributed by atoms with Crippen molar-refractivity contribution in [3.8, 4) is 23.4 Å². The molecule has 0 aliphatic heterocycles. The van der Waals surface area contributed by atoms with E-state index in [0.29, 0.717) is 28.0 Å². The molecule has 4 aromatic rings. The fourth-order valence-electron chi connectivity index (χ4n) is 3.19. The van der Waals surface area contributed by atoms with Crippen molar-refractivity contribution in [1.29, 1.82) is 5.26 Å². The highest BCUT2D eigenvalue weighted by Gasteiger charge is 2.24. The van der Waals surface area contributed by atoms with E-state index in [1.165, 1.54) is 7.11 Å². The first-order valence-corrected chi connectivity index (χ1v) is 11.5. The van der Waals surface area contributed by atoms with Gasteiger partial charge < -0.3 is 14.2 Å². The Labute approximate surface area is 191 Å². The van der Waals surface area contributed by atoms with Gasteiger partial charge in [0.2, 0.25) is 5.88 Å². The van der Waals surface area contributed by atoms with Gasteiger partial charge in [-0.05, 0) is 61.5 Å². The van der Waals surface area contributed by atoms with Crippen LogP contribution >= 0.6 is 0 Å². The Morgan fingerprint density at radius 3 is 2.27 bits per heavy atom. The molecule has 8 nitrogen and oxygen atoms in total. The molecular weight excluding hydrogens is 442 g/mol. The molecule has 4 rings (SSSR count). The predicted molar refractivity (Wildman–Crippen MR) is 122 cm³/mol. The molecule has 0 spiro atoms. The number of rotatable bonds is 8. The van der Waals surface area contributed by atoms with Gasteiger partial charge >= 0.3 is 0 Å². The lowest BCUT2D eigenvalue weighted by atomic mass is 10.2. The van der Waals surface area contributed by atoms with Crippen molar-refractivity contribution in [3.63, 3.8) is 0 Å². The number of hydrogen-bond acceptors (Lipinski definition) is 7. The van der Waals surface area contributed by atoms with E-state index in [-0.39, 0.29) is 24.0 Å². The van der Waals surface area contributed by atoms with Crippen LogP contribution in [0.5, 0.6) is 17.4 Å². The molecule has 33 heavy (non-hydrogen) atoms. The monoisotopic (exact) mass is 463 g/mol. The third kappa shape index (κ3) is 4.61. The zero-order valence-electron chi connectivity index (χ0n) is 18.1. The molecule has 1 aromatic heterocycles. The van der Waals surface area contributed by atoms with Gasteiger partial charge in [-0.1, -0.05) is 17.7 Å². The summed E-state index contributed by atoms with van der Waals surface area (Å²) in [6, 6.07) is 20.3. The Hall–Kier alpha value is -4.03. The Morgan fingerprint density at radius 2 is 1.61 bits per heavy atom. The van der Waals surface area contributed by atoms with Crippen LogP contribution < -0.4 is 14.2 Å². The summed E-state index contributed by atoms with van der Waals surface area (Å²) in [6.45, 7) is 2.22. The smallest absolute Gasteiger partial charge is 0.283 e. The van der Waals surface area contributed by atoms with Crippen molar-refractivity contribution in [2.45, 2.75) is 11.8 Å². The van der Waals surface area contributed by atoms with Crippen LogP contribution in [-0.4, -0.2) is 37.9 Å². The molecule has 0 aliphatic carbocycles. The number of benzene rings is 3. The summed E-state index contributed by atoms with van der Waals surface area (Å²) in [6.07, 6.45) is 0. The van der Waals surface area contributed by atoms with Crippen LogP contribution in [0.25, 0.3) is 10.9 Å². The van der Waals surface area contributed by atoms with Crippen LogP contribution in [0.4, 0.5) is 0 Å². The Bertz CT molecular complexity index is 1420. The van der Waals surface area contributed by atoms with Gasteiger partial charge in [-0.25, -0.2) is 0 Å². The summed E-state index contributed by atoms with van der Waals surface area (Å²) >= 11 is 0. The fourth-order valence-corrected chi connectivity index (χ4v) is 4.47. The maximum absolute atomic E-state index is 13.3. The number of nitrogens with zero attached hydrogens (tertiary/aromatic N) is 3. The number of hydrogen-bond donors (Lipinski definition) is 0. The lowest BCUT2D eigenvalue weighted by molar-refractivity contribution is 0.213.